The monoisotopic (exact) mass is 505 g/mol. The molecule has 0 amide bonds. The smallest absolute Gasteiger partial charge is 0.478 e. The van der Waals surface area contributed by atoms with Gasteiger partial charge in [0.25, 0.3) is 10.0 Å². The van der Waals surface area contributed by atoms with Crippen molar-refractivity contribution in [1.82, 2.24) is 9.38 Å². The van der Waals surface area contributed by atoms with Crippen molar-refractivity contribution in [2.24, 2.45) is 0 Å². The minimum Gasteiger partial charge on any atom is -0.478 e. The number of fused-ring (bicyclic) bond motifs is 1. The lowest BCUT2D eigenvalue weighted by Gasteiger charge is -2.23. The van der Waals surface area contributed by atoms with E-state index in [9.17, 15) is 26.4 Å². The van der Waals surface area contributed by atoms with Gasteiger partial charge in [0.1, 0.15) is 11.4 Å². The first kappa shape index (κ1) is 24.1. The highest BCUT2D eigenvalue weighted by atomic mass is 32.2. The molecule has 2 heterocycles. The lowest BCUT2D eigenvalue weighted by Crippen LogP contribution is -2.31. The Morgan fingerprint density at radius 3 is 2.29 bits per heavy atom. The number of benzene rings is 2. The third-order valence-corrected chi connectivity index (χ3v) is 6.90. The predicted molar refractivity (Wildman–Crippen MR) is 120 cm³/mol. The quantitative estimate of drug-likeness (QED) is 0.393. The number of sulfonamides is 1. The van der Waals surface area contributed by atoms with Gasteiger partial charge in [0, 0.05) is 6.20 Å². The van der Waals surface area contributed by atoms with Gasteiger partial charge in [0.2, 0.25) is 0 Å². The van der Waals surface area contributed by atoms with Crippen LogP contribution in [-0.2, 0) is 16.6 Å². The van der Waals surface area contributed by atoms with Crippen LogP contribution in [0, 0.1) is 6.92 Å². The number of carboxylic acids is 1. The molecule has 0 radical (unpaired) electrons. The van der Waals surface area contributed by atoms with Crippen molar-refractivity contribution in [2.45, 2.75) is 24.7 Å². The van der Waals surface area contributed by atoms with Crippen LogP contribution in [0.5, 0.6) is 5.75 Å². The first-order chi connectivity index (χ1) is 16.5. The number of rotatable bonds is 7. The molecule has 0 fully saturated rings. The molecule has 12 heteroatoms. The van der Waals surface area contributed by atoms with Crippen LogP contribution >= 0.6 is 0 Å². The lowest BCUT2D eigenvalue weighted by atomic mass is 10.2. The van der Waals surface area contributed by atoms with Crippen LogP contribution in [0.15, 0.2) is 77.8 Å². The van der Waals surface area contributed by atoms with Crippen LogP contribution in [-0.4, -0.2) is 35.2 Å². The van der Waals surface area contributed by atoms with Crippen LogP contribution < -0.4 is 9.04 Å². The molecule has 0 aliphatic rings. The Hall–Kier alpha value is -4.06. The number of hydrogen-bond donors (Lipinski definition) is 1. The summed E-state index contributed by atoms with van der Waals surface area (Å²) in [6.07, 6.45) is -3.14. The fraction of sp³-hybridized carbons (Fsp3) is 0.130. The second-order valence-electron chi connectivity index (χ2n) is 7.48. The van der Waals surface area contributed by atoms with Gasteiger partial charge in [-0.3, -0.25) is 0 Å². The Morgan fingerprint density at radius 2 is 1.71 bits per heavy atom. The highest BCUT2D eigenvalue weighted by molar-refractivity contribution is 7.92. The summed E-state index contributed by atoms with van der Waals surface area (Å²) in [5.41, 5.74) is 1.31. The largest absolute Gasteiger partial charge is 0.573 e. The van der Waals surface area contributed by atoms with Gasteiger partial charge in [-0.1, -0.05) is 18.2 Å². The molecular weight excluding hydrogens is 487 g/mol. The van der Waals surface area contributed by atoms with Gasteiger partial charge in [0.05, 0.1) is 22.7 Å². The summed E-state index contributed by atoms with van der Waals surface area (Å²) in [4.78, 5) is 15.4. The van der Waals surface area contributed by atoms with E-state index in [0.29, 0.717) is 16.9 Å². The molecule has 0 saturated heterocycles. The summed E-state index contributed by atoms with van der Waals surface area (Å²) in [5, 5.41) is 9.12. The van der Waals surface area contributed by atoms with Crippen LogP contribution in [0.25, 0.3) is 5.65 Å². The summed E-state index contributed by atoms with van der Waals surface area (Å²) >= 11 is 0. The molecule has 2 aromatic carbocycles. The normalized spacial score (nSPS) is 12.0. The molecular formula is C23H18F3N3O5S. The first-order valence-electron chi connectivity index (χ1n) is 10.1. The van der Waals surface area contributed by atoms with Gasteiger partial charge in [-0.25, -0.2) is 22.5 Å². The van der Waals surface area contributed by atoms with E-state index in [1.807, 2.05) is 0 Å². The number of alkyl halides is 3. The minimum absolute atomic E-state index is 0.0836. The number of nitrogens with zero attached hydrogens (tertiary/aromatic N) is 3. The Balaban J connectivity index is 1.77. The topological polar surface area (TPSA) is 101 Å². The molecule has 1 N–H and O–H groups in total. The number of aromatic nitrogens is 2. The number of ether oxygens (including phenoxy) is 1. The van der Waals surface area contributed by atoms with Crippen LogP contribution in [0.2, 0.25) is 0 Å². The summed E-state index contributed by atoms with van der Waals surface area (Å²) in [5.74, 6) is -1.53. The molecule has 4 rings (SSSR count). The lowest BCUT2D eigenvalue weighted by molar-refractivity contribution is -0.274. The number of halogens is 3. The zero-order valence-corrected chi connectivity index (χ0v) is 18.9. The molecule has 182 valence electrons. The Kier molecular flexibility index (Phi) is 6.15. The van der Waals surface area contributed by atoms with E-state index in [-0.39, 0.29) is 22.8 Å². The number of anilines is 1. The first-order valence-corrected chi connectivity index (χ1v) is 11.5. The maximum atomic E-state index is 13.7. The van der Waals surface area contributed by atoms with Crippen molar-refractivity contribution in [1.29, 1.82) is 0 Å². The van der Waals surface area contributed by atoms with Gasteiger partial charge >= 0.3 is 12.3 Å². The molecule has 0 spiro atoms. The van der Waals surface area contributed by atoms with Crippen molar-refractivity contribution >= 4 is 27.5 Å². The van der Waals surface area contributed by atoms with Gasteiger partial charge < -0.3 is 14.2 Å². The van der Waals surface area contributed by atoms with Crippen molar-refractivity contribution in [3.05, 3.63) is 89.7 Å². The van der Waals surface area contributed by atoms with E-state index in [1.54, 1.807) is 35.7 Å². The van der Waals surface area contributed by atoms with E-state index in [2.05, 4.69) is 9.72 Å². The molecule has 4 aromatic rings. The third-order valence-electron chi connectivity index (χ3n) is 5.15. The molecule has 0 aliphatic carbocycles. The second kappa shape index (κ2) is 8.95. The molecule has 0 aliphatic heterocycles. The Bertz CT molecular complexity index is 1480. The van der Waals surface area contributed by atoms with E-state index < -0.39 is 28.1 Å². The van der Waals surface area contributed by atoms with E-state index in [0.717, 1.165) is 16.4 Å². The molecule has 0 bridgehead atoms. The SMILES string of the molecule is Cc1c(N(Cc2ccc(OC(F)(F)F)cc2)S(=O)(=O)c2ccc(C(=O)O)cc2)nc2ccccn12. The van der Waals surface area contributed by atoms with Gasteiger partial charge in [-0.15, -0.1) is 13.2 Å². The summed E-state index contributed by atoms with van der Waals surface area (Å²) in [6, 6.07) is 14.7. The summed E-state index contributed by atoms with van der Waals surface area (Å²) < 4.78 is 71.4. The molecule has 0 atom stereocenters. The number of hydrogen-bond acceptors (Lipinski definition) is 5. The summed E-state index contributed by atoms with van der Waals surface area (Å²) in [6.45, 7) is 1.44. The number of carboxylic acid groups (broad SMARTS) is 1. The second-order valence-corrected chi connectivity index (χ2v) is 9.34. The average molecular weight is 505 g/mol. The highest BCUT2D eigenvalue weighted by Crippen LogP contribution is 2.30. The van der Waals surface area contributed by atoms with Crippen LogP contribution in [0.4, 0.5) is 19.0 Å². The third kappa shape index (κ3) is 5.06. The number of imidazole rings is 1. The van der Waals surface area contributed by atoms with Crippen molar-refractivity contribution in [3.63, 3.8) is 0 Å². The maximum absolute atomic E-state index is 13.7. The maximum Gasteiger partial charge on any atom is 0.573 e. The predicted octanol–water partition coefficient (Wildman–Crippen LogP) is 4.64. The van der Waals surface area contributed by atoms with Crippen molar-refractivity contribution < 1.29 is 36.2 Å². The zero-order chi connectivity index (χ0) is 25.4. The van der Waals surface area contributed by atoms with E-state index >= 15 is 0 Å². The van der Waals surface area contributed by atoms with Crippen molar-refractivity contribution in [3.8, 4) is 5.75 Å². The van der Waals surface area contributed by atoms with E-state index in [1.165, 1.54) is 36.4 Å². The van der Waals surface area contributed by atoms with Gasteiger partial charge in [-0.2, -0.15) is 0 Å². The highest BCUT2D eigenvalue weighted by Gasteiger charge is 2.32. The van der Waals surface area contributed by atoms with Crippen LogP contribution in [0.1, 0.15) is 21.6 Å². The average Bonchev–Trinajstić information content (AvgIpc) is 3.13. The molecule has 0 saturated carbocycles. The Morgan fingerprint density at radius 1 is 1.06 bits per heavy atom. The number of aromatic carboxylic acids is 1. The number of carbonyl (C=O) groups is 1. The van der Waals surface area contributed by atoms with Gasteiger partial charge in [-0.05, 0) is 61.0 Å². The zero-order valence-electron chi connectivity index (χ0n) is 18.1. The number of pyridine rings is 1. The van der Waals surface area contributed by atoms with Gasteiger partial charge in [0.15, 0.2) is 5.82 Å². The summed E-state index contributed by atoms with van der Waals surface area (Å²) in [7, 11) is -4.25. The van der Waals surface area contributed by atoms with E-state index in [4.69, 9.17) is 5.11 Å². The molecule has 35 heavy (non-hydrogen) atoms. The number of aryl methyl sites for hydroxylation is 1. The molecule has 8 nitrogen and oxygen atoms in total. The molecule has 0 unspecified atom stereocenters. The molecule has 2 aromatic heterocycles. The standard InChI is InChI=1S/C23H18F3N3O5S/c1-15-21(27-20-4-2-3-13-28(15)20)29(14-16-5-9-18(10-6-16)34-23(24,25)26)35(32,33)19-11-7-17(8-12-19)22(30)31/h2-13H,14H2,1H3,(H,30,31). The van der Waals surface area contributed by atoms with Crippen molar-refractivity contribution in [2.75, 3.05) is 4.31 Å². The minimum atomic E-state index is -4.85. The fourth-order valence-corrected chi connectivity index (χ4v) is 4.93. The fourth-order valence-electron chi connectivity index (χ4n) is 3.47. The van der Waals surface area contributed by atoms with Crippen LogP contribution in [0.3, 0.4) is 0 Å². The Labute approximate surface area is 197 Å².